The van der Waals surface area contributed by atoms with Crippen molar-refractivity contribution in [1.29, 1.82) is 0 Å². The third kappa shape index (κ3) is 6.24. The van der Waals surface area contributed by atoms with E-state index in [-0.39, 0.29) is 0 Å². The predicted molar refractivity (Wildman–Crippen MR) is 36.2 cm³/mol. The third-order valence-electron chi connectivity index (χ3n) is 0.613. The van der Waals surface area contributed by atoms with Crippen molar-refractivity contribution >= 4 is 21.0 Å². The van der Waals surface area contributed by atoms with E-state index in [0.29, 0.717) is 6.61 Å². The Kier molecular flexibility index (Phi) is 5.38. The first kappa shape index (κ1) is 9.36. The minimum atomic E-state index is -1.75. The van der Waals surface area contributed by atoms with Crippen molar-refractivity contribution in [1.82, 2.24) is 0 Å². The molecule has 0 amide bonds. The molecule has 56 valence electrons. The molecule has 0 rings (SSSR count). The molecule has 9 heavy (non-hydrogen) atoms. The Morgan fingerprint density at radius 1 is 1.78 bits per heavy atom. The molecule has 2 unspecified atom stereocenters. The maximum absolute atomic E-state index is 10.1. The summed E-state index contributed by atoms with van der Waals surface area (Å²) in [5.41, 5.74) is 0. The van der Waals surface area contributed by atoms with Crippen LogP contribution in [-0.4, -0.2) is 17.1 Å². The van der Waals surface area contributed by atoms with Crippen molar-refractivity contribution in [3.63, 3.8) is 0 Å². The van der Waals surface area contributed by atoms with Gasteiger partial charge in [-0.05, 0) is 13.8 Å². The van der Waals surface area contributed by atoms with Crippen molar-refractivity contribution in [2.45, 2.75) is 20.1 Å². The van der Waals surface area contributed by atoms with Crippen LogP contribution in [0.15, 0.2) is 0 Å². The van der Waals surface area contributed by atoms with Crippen LogP contribution < -0.4 is 0 Å². The van der Waals surface area contributed by atoms with Crippen LogP contribution in [0.1, 0.15) is 13.8 Å². The molecule has 0 radical (unpaired) electrons. The van der Waals surface area contributed by atoms with E-state index in [0.717, 1.165) is 0 Å². The second-order valence-corrected chi connectivity index (χ2v) is 2.65. The highest BCUT2D eigenvalue weighted by Crippen LogP contribution is 1.99. The molecule has 3 nitrogen and oxygen atoms in total. The quantitative estimate of drug-likeness (QED) is 0.472. The van der Waals surface area contributed by atoms with E-state index in [4.69, 9.17) is 15.4 Å². The first-order valence-electron chi connectivity index (χ1n) is 2.53. The summed E-state index contributed by atoms with van der Waals surface area (Å²) in [6.07, 6.45) is -0.492. The number of rotatable bonds is 4. The fourth-order valence-electron chi connectivity index (χ4n) is 0.369. The second-order valence-electron chi connectivity index (χ2n) is 1.31. The molecule has 0 N–H and O–H groups in total. The lowest BCUT2D eigenvalue weighted by Gasteiger charge is -2.07. The molecule has 0 fully saturated rings. The van der Waals surface area contributed by atoms with E-state index < -0.39 is 16.6 Å². The average molecular weight is 173 g/mol. The van der Waals surface area contributed by atoms with Crippen LogP contribution >= 0.6 is 10.7 Å². The summed E-state index contributed by atoms with van der Waals surface area (Å²) in [5.74, 6) is 0. The SMILES string of the molecule is CCOC(C)OS(=O)Cl. The van der Waals surface area contributed by atoms with Crippen LogP contribution in [-0.2, 0) is 19.2 Å². The van der Waals surface area contributed by atoms with Gasteiger partial charge in [-0.2, -0.15) is 0 Å². The summed E-state index contributed by atoms with van der Waals surface area (Å²) in [5, 5.41) is 0. The fraction of sp³-hybridized carbons (Fsp3) is 1.00. The average Bonchev–Trinajstić information content (AvgIpc) is 1.63. The van der Waals surface area contributed by atoms with Crippen molar-refractivity contribution in [2.24, 2.45) is 0 Å². The molecule has 0 aromatic carbocycles. The summed E-state index contributed by atoms with van der Waals surface area (Å²) in [6, 6.07) is 0. The maximum Gasteiger partial charge on any atom is 0.258 e. The lowest BCUT2D eigenvalue weighted by molar-refractivity contribution is -0.0521. The molecule has 5 heteroatoms. The highest BCUT2D eigenvalue weighted by atomic mass is 35.7. The molecule has 0 bridgehead atoms. The summed E-state index contributed by atoms with van der Waals surface area (Å²) >= 11 is 0. The van der Waals surface area contributed by atoms with Gasteiger partial charge >= 0.3 is 0 Å². The Balaban J connectivity index is 3.26. The Labute approximate surface area is 61.5 Å². The van der Waals surface area contributed by atoms with Gasteiger partial charge in [0.05, 0.1) is 0 Å². The minimum absolute atomic E-state index is 0.492. The zero-order valence-electron chi connectivity index (χ0n) is 5.30. The normalized spacial score (nSPS) is 17.2. The summed E-state index contributed by atoms with van der Waals surface area (Å²) in [4.78, 5) is 0. The molecule has 2 atom stereocenters. The number of hydrogen-bond donors (Lipinski definition) is 0. The summed E-state index contributed by atoms with van der Waals surface area (Å²) < 4.78 is 19.5. The largest absolute Gasteiger partial charge is 0.352 e. The molecule has 0 aliphatic rings. The number of hydrogen-bond acceptors (Lipinski definition) is 3. The van der Waals surface area contributed by atoms with E-state index in [9.17, 15) is 4.21 Å². The van der Waals surface area contributed by atoms with Crippen LogP contribution in [0.3, 0.4) is 0 Å². The zero-order valence-corrected chi connectivity index (χ0v) is 6.87. The second kappa shape index (κ2) is 5.17. The first-order valence-corrected chi connectivity index (χ1v) is 4.43. The highest BCUT2D eigenvalue weighted by Gasteiger charge is 2.02. The zero-order chi connectivity index (χ0) is 7.28. The van der Waals surface area contributed by atoms with Crippen LogP contribution in [0, 0.1) is 0 Å². The summed E-state index contributed by atoms with van der Waals surface area (Å²) in [6.45, 7) is 3.97. The lowest BCUT2D eigenvalue weighted by atomic mass is 10.7. The molecular formula is C4H9ClO3S. The van der Waals surface area contributed by atoms with Gasteiger partial charge in [0.1, 0.15) is 0 Å². The molecule has 0 aliphatic carbocycles. The van der Waals surface area contributed by atoms with Crippen LogP contribution in [0.2, 0.25) is 0 Å². The van der Waals surface area contributed by atoms with Gasteiger partial charge in [-0.15, -0.1) is 0 Å². The van der Waals surface area contributed by atoms with Gasteiger partial charge in [-0.25, -0.2) is 8.39 Å². The first-order chi connectivity index (χ1) is 4.16. The standard InChI is InChI=1S/C4H9ClO3S/c1-3-7-4(2)8-9(5)6/h4H,3H2,1-2H3. The van der Waals surface area contributed by atoms with Gasteiger partial charge in [0.15, 0.2) is 6.29 Å². The highest BCUT2D eigenvalue weighted by molar-refractivity contribution is 8.04. The minimum Gasteiger partial charge on any atom is -0.352 e. The predicted octanol–water partition coefficient (Wildman–Crippen LogP) is 1.20. The Bertz CT molecular complexity index is 97.8. The van der Waals surface area contributed by atoms with E-state index in [1.54, 1.807) is 6.92 Å². The lowest BCUT2D eigenvalue weighted by Crippen LogP contribution is -2.11. The van der Waals surface area contributed by atoms with Crippen LogP contribution in [0.25, 0.3) is 0 Å². The van der Waals surface area contributed by atoms with Gasteiger partial charge in [-0.3, -0.25) is 0 Å². The summed E-state index contributed by atoms with van der Waals surface area (Å²) in [7, 11) is 3.23. The van der Waals surface area contributed by atoms with Gasteiger partial charge in [-0.1, -0.05) is 0 Å². The van der Waals surface area contributed by atoms with Crippen molar-refractivity contribution < 1.29 is 13.1 Å². The van der Waals surface area contributed by atoms with Gasteiger partial charge in [0.25, 0.3) is 10.3 Å². The van der Waals surface area contributed by atoms with Crippen LogP contribution in [0.5, 0.6) is 0 Å². The van der Waals surface area contributed by atoms with Crippen LogP contribution in [0.4, 0.5) is 0 Å². The maximum atomic E-state index is 10.1. The number of ether oxygens (including phenoxy) is 1. The molecule has 0 saturated heterocycles. The molecule has 0 heterocycles. The van der Waals surface area contributed by atoms with Gasteiger partial charge in [0.2, 0.25) is 0 Å². The number of halogens is 1. The fourth-order valence-corrected chi connectivity index (χ4v) is 0.945. The van der Waals surface area contributed by atoms with Crippen molar-refractivity contribution in [3.8, 4) is 0 Å². The third-order valence-corrected chi connectivity index (χ3v) is 1.25. The van der Waals surface area contributed by atoms with Crippen molar-refractivity contribution in [2.75, 3.05) is 6.61 Å². The Hall–Kier alpha value is 0.360. The van der Waals surface area contributed by atoms with E-state index in [1.807, 2.05) is 6.92 Å². The van der Waals surface area contributed by atoms with Crippen molar-refractivity contribution in [3.05, 3.63) is 0 Å². The molecule has 0 aliphatic heterocycles. The molecule has 0 saturated carbocycles. The van der Waals surface area contributed by atoms with E-state index >= 15 is 0 Å². The monoisotopic (exact) mass is 172 g/mol. The molecular weight excluding hydrogens is 164 g/mol. The smallest absolute Gasteiger partial charge is 0.258 e. The molecule has 0 aromatic heterocycles. The Morgan fingerprint density at radius 2 is 2.33 bits per heavy atom. The van der Waals surface area contributed by atoms with E-state index in [1.165, 1.54) is 0 Å². The Morgan fingerprint density at radius 3 is 2.67 bits per heavy atom. The topological polar surface area (TPSA) is 35.5 Å². The molecule has 0 spiro atoms. The van der Waals surface area contributed by atoms with Gasteiger partial charge in [0, 0.05) is 17.3 Å². The molecule has 0 aromatic rings. The van der Waals surface area contributed by atoms with E-state index in [2.05, 4.69) is 4.18 Å². The van der Waals surface area contributed by atoms with Gasteiger partial charge < -0.3 is 4.74 Å².